The summed E-state index contributed by atoms with van der Waals surface area (Å²) in [5.74, 6) is 0.730. The van der Waals surface area contributed by atoms with E-state index in [-0.39, 0.29) is 6.09 Å². The number of anilines is 1. The minimum Gasteiger partial charge on any atom is -0.444 e. The summed E-state index contributed by atoms with van der Waals surface area (Å²) in [5.41, 5.74) is 1.59. The van der Waals surface area contributed by atoms with Gasteiger partial charge in [0.2, 0.25) is 0 Å². The predicted octanol–water partition coefficient (Wildman–Crippen LogP) is 4.36. The molecule has 0 aromatic carbocycles. The Bertz CT molecular complexity index is 527. The summed E-state index contributed by atoms with van der Waals surface area (Å²) in [6.45, 7) is 13.2. The molecule has 0 saturated heterocycles. The van der Waals surface area contributed by atoms with Gasteiger partial charge in [-0.15, -0.1) is 0 Å². The summed E-state index contributed by atoms with van der Waals surface area (Å²) in [5, 5.41) is 6.24. The quantitative estimate of drug-likeness (QED) is 0.713. The third kappa shape index (κ3) is 7.68. The summed E-state index contributed by atoms with van der Waals surface area (Å²) in [4.78, 5) is 16.1. The van der Waals surface area contributed by atoms with Crippen molar-refractivity contribution in [3.63, 3.8) is 0 Å². The Morgan fingerprint density at radius 3 is 2.52 bits per heavy atom. The van der Waals surface area contributed by atoms with Crippen molar-refractivity contribution in [2.45, 2.75) is 47.1 Å². The highest BCUT2D eigenvalue weighted by Gasteiger charge is 2.19. The third-order valence-corrected chi connectivity index (χ3v) is 4.26. The standard InChI is InChI=1S/C17H28BrN3O2/c1-11(2)13(9-21-16(22)23-17(4,5)6)8-19-14-7-12(3)15(18)20-10-14/h7,10-11,13,19H,8-9H2,1-6H3,(H,21,22). The van der Waals surface area contributed by atoms with E-state index in [4.69, 9.17) is 4.74 Å². The second-order valence-corrected chi connectivity index (χ2v) is 7.85. The van der Waals surface area contributed by atoms with Crippen molar-refractivity contribution >= 4 is 27.7 Å². The smallest absolute Gasteiger partial charge is 0.407 e. The zero-order valence-corrected chi connectivity index (χ0v) is 16.5. The average Bonchev–Trinajstić information content (AvgIpc) is 2.40. The second kappa shape index (κ2) is 8.52. The van der Waals surface area contributed by atoms with Crippen LogP contribution in [0.1, 0.15) is 40.2 Å². The van der Waals surface area contributed by atoms with Gasteiger partial charge in [-0.2, -0.15) is 0 Å². The summed E-state index contributed by atoms with van der Waals surface area (Å²) in [6, 6.07) is 2.05. The van der Waals surface area contributed by atoms with Crippen molar-refractivity contribution in [1.82, 2.24) is 10.3 Å². The summed E-state index contributed by atoms with van der Waals surface area (Å²) < 4.78 is 6.13. The maximum Gasteiger partial charge on any atom is 0.407 e. The van der Waals surface area contributed by atoms with E-state index >= 15 is 0 Å². The molecule has 0 aliphatic carbocycles. The Morgan fingerprint density at radius 2 is 2.00 bits per heavy atom. The average molecular weight is 386 g/mol. The van der Waals surface area contributed by atoms with Gasteiger partial charge in [0.15, 0.2) is 0 Å². The molecule has 0 spiro atoms. The molecule has 0 radical (unpaired) electrons. The molecule has 1 amide bonds. The lowest BCUT2D eigenvalue weighted by atomic mass is 9.95. The fraction of sp³-hybridized carbons (Fsp3) is 0.647. The van der Waals surface area contributed by atoms with Crippen molar-refractivity contribution in [2.75, 3.05) is 18.4 Å². The van der Waals surface area contributed by atoms with Gasteiger partial charge in [0.1, 0.15) is 10.2 Å². The van der Waals surface area contributed by atoms with Crippen LogP contribution in [0.5, 0.6) is 0 Å². The van der Waals surface area contributed by atoms with E-state index in [1.807, 2.05) is 27.7 Å². The summed E-state index contributed by atoms with van der Waals surface area (Å²) in [7, 11) is 0. The number of pyridine rings is 1. The molecule has 23 heavy (non-hydrogen) atoms. The van der Waals surface area contributed by atoms with Crippen LogP contribution >= 0.6 is 15.9 Å². The number of aromatic nitrogens is 1. The number of nitrogens with zero attached hydrogens (tertiary/aromatic N) is 1. The van der Waals surface area contributed by atoms with Crippen molar-refractivity contribution < 1.29 is 9.53 Å². The number of nitrogens with one attached hydrogen (secondary N) is 2. The molecule has 0 aliphatic rings. The van der Waals surface area contributed by atoms with Gasteiger partial charge in [-0.25, -0.2) is 9.78 Å². The lowest BCUT2D eigenvalue weighted by Gasteiger charge is -2.24. The van der Waals surface area contributed by atoms with Gasteiger partial charge in [0.05, 0.1) is 11.9 Å². The Hall–Kier alpha value is -1.30. The number of aryl methyl sites for hydroxylation is 1. The molecule has 1 unspecified atom stereocenters. The molecule has 1 heterocycles. The number of hydrogen-bond donors (Lipinski definition) is 2. The van der Waals surface area contributed by atoms with Gasteiger partial charge < -0.3 is 15.4 Å². The van der Waals surface area contributed by atoms with Crippen LogP contribution in [-0.4, -0.2) is 29.8 Å². The van der Waals surface area contributed by atoms with Gasteiger partial charge in [-0.3, -0.25) is 0 Å². The Balaban J connectivity index is 2.52. The van der Waals surface area contributed by atoms with E-state index < -0.39 is 5.60 Å². The molecule has 6 heteroatoms. The number of hydrogen-bond acceptors (Lipinski definition) is 4. The van der Waals surface area contributed by atoms with E-state index in [1.165, 1.54) is 0 Å². The van der Waals surface area contributed by atoms with E-state index in [0.29, 0.717) is 18.4 Å². The monoisotopic (exact) mass is 385 g/mol. The fourth-order valence-electron chi connectivity index (χ4n) is 1.98. The Labute approximate surface area is 147 Å². The van der Waals surface area contributed by atoms with E-state index in [9.17, 15) is 4.79 Å². The Morgan fingerprint density at radius 1 is 1.35 bits per heavy atom. The lowest BCUT2D eigenvalue weighted by molar-refractivity contribution is 0.0516. The molecule has 0 bridgehead atoms. The van der Waals surface area contributed by atoms with Crippen LogP contribution in [0.25, 0.3) is 0 Å². The van der Waals surface area contributed by atoms with Crippen LogP contribution in [0.2, 0.25) is 0 Å². The lowest BCUT2D eigenvalue weighted by Crippen LogP contribution is -2.38. The predicted molar refractivity (Wildman–Crippen MR) is 97.7 cm³/mol. The minimum absolute atomic E-state index is 0.298. The molecule has 0 aliphatic heterocycles. The number of alkyl carbamates (subject to hydrolysis) is 1. The number of halogens is 1. The van der Waals surface area contributed by atoms with Gasteiger partial charge >= 0.3 is 6.09 Å². The first-order chi connectivity index (χ1) is 10.6. The van der Waals surface area contributed by atoms with Crippen LogP contribution in [0.4, 0.5) is 10.5 Å². The highest BCUT2D eigenvalue weighted by atomic mass is 79.9. The topological polar surface area (TPSA) is 63.2 Å². The van der Waals surface area contributed by atoms with Crippen LogP contribution in [0.15, 0.2) is 16.9 Å². The van der Waals surface area contributed by atoms with Gasteiger partial charge in [-0.1, -0.05) is 13.8 Å². The molecule has 1 aromatic heterocycles. The van der Waals surface area contributed by atoms with Crippen LogP contribution in [0, 0.1) is 18.8 Å². The maximum absolute atomic E-state index is 11.8. The molecular weight excluding hydrogens is 358 g/mol. The van der Waals surface area contributed by atoms with Gasteiger partial charge in [-0.05, 0) is 67.1 Å². The first-order valence-corrected chi connectivity index (χ1v) is 8.70. The molecule has 2 N–H and O–H groups in total. The van der Waals surface area contributed by atoms with Gasteiger partial charge in [0.25, 0.3) is 0 Å². The third-order valence-electron chi connectivity index (χ3n) is 3.43. The van der Waals surface area contributed by atoms with Crippen LogP contribution in [-0.2, 0) is 4.74 Å². The number of rotatable bonds is 6. The van der Waals surface area contributed by atoms with E-state index in [0.717, 1.165) is 22.4 Å². The number of ether oxygens (including phenoxy) is 1. The molecular formula is C17H28BrN3O2. The highest BCUT2D eigenvalue weighted by molar-refractivity contribution is 9.10. The Kier molecular flexibility index (Phi) is 7.32. The normalized spacial score (nSPS) is 12.9. The van der Waals surface area contributed by atoms with Crippen molar-refractivity contribution in [3.8, 4) is 0 Å². The molecule has 130 valence electrons. The van der Waals surface area contributed by atoms with E-state index in [1.54, 1.807) is 6.20 Å². The van der Waals surface area contributed by atoms with Crippen LogP contribution in [0.3, 0.4) is 0 Å². The fourth-order valence-corrected chi connectivity index (χ4v) is 2.19. The first-order valence-electron chi connectivity index (χ1n) is 7.91. The summed E-state index contributed by atoms with van der Waals surface area (Å²) in [6.07, 6.45) is 1.43. The van der Waals surface area contributed by atoms with Crippen molar-refractivity contribution in [3.05, 3.63) is 22.4 Å². The van der Waals surface area contributed by atoms with Crippen molar-refractivity contribution in [1.29, 1.82) is 0 Å². The number of carbonyl (C=O) groups is 1. The molecule has 0 fully saturated rings. The number of amides is 1. The van der Waals surface area contributed by atoms with Crippen LogP contribution < -0.4 is 10.6 Å². The molecule has 0 saturated carbocycles. The maximum atomic E-state index is 11.8. The van der Waals surface area contributed by atoms with Crippen molar-refractivity contribution in [2.24, 2.45) is 11.8 Å². The first kappa shape index (κ1) is 19.7. The largest absolute Gasteiger partial charge is 0.444 e. The minimum atomic E-state index is -0.476. The second-order valence-electron chi connectivity index (χ2n) is 7.10. The molecule has 5 nitrogen and oxygen atoms in total. The zero-order chi connectivity index (χ0) is 17.6. The van der Waals surface area contributed by atoms with E-state index in [2.05, 4.69) is 51.5 Å². The SMILES string of the molecule is Cc1cc(NCC(CNC(=O)OC(C)(C)C)C(C)C)cnc1Br. The molecule has 1 aromatic rings. The zero-order valence-electron chi connectivity index (χ0n) is 14.9. The summed E-state index contributed by atoms with van der Waals surface area (Å²) >= 11 is 3.40. The molecule has 1 atom stereocenters. The number of carbonyl (C=O) groups excluding carboxylic acids is 1. The van der Waals surface area contributed by atoms with Gasteiger partial charge in [0, 0.05) is 13.1 Å². The molecule has 1 rings (SSSR count). The highest BCUT2D eigenvalue weighted by Crippen LogP contribution is 2.18.